The predicted molar refractivity (Wildman–Crippen MR) is 140 cm³/mol. The first-order valence-corrected chi connectivity index (χ1v) is 12.9. The number of pyridine rings is 1. The van der Waals surface area contributed by atoms with Crippen molar-refractivity contribution in [2.75, 3.05) is 24.3 Å². The molecule has 4 aromatic rings. The molecule has 0 atom stereocenters. The average Bonchev–Trinajstić information content (AvgIpc) is 3.32. The third-order valence-corrected chi connectivity index (χ3v) is 6.86. The number of ether oxygens (including phenoxy) is 2. The van der Waals surface area contributed by atoms with E-state index in [0.29, 0.717) is 22.8 Å². The molecule has 10 nitrogen and oxygen atoms in total. The third-order valence-electron chi connectivity index (χ3n) is 5.24. The molecule has 0 fully saturated rings. The highest BCUT2D eigenvalue weighted by Crippen LogP contribution is 2.27. The van der Waals surface area contributed by atoms with Crippen LogP contribution in [-0.2, 0) is 27.8 Å². The SMILES string of the molecule is COc1ccc(Cn2cc(CC(=O)Nc3cnc(OC)c(S(=O)(=O)Nc4ccc(Cl)cc4)c3)cn2)cc1. The first-order chi connectivity index (χ1) is 17.8. The zero-order valence-electron chi connectivity index (χ0n) is 20.0. The quantitative estimate of drug-likeness (QED) is 0.311. The number of amides is 1. The van der Waals surface area contributed by atoms with Gasteiger partial charge in [-0.1, -0.05) is 23.7 Å². The number of nitrogens with zero attached hydrogens (tertiary/aromatic N) is 3. The fraction of sp³-hybridized carbons (Fsp3) is 0.160. The Labute approximate surface area is 219 Å². The molecule has 0 saturated carbocycles. The van der Waals surface area contributed by atoms with Crippen LogP contribution in [0.25, 0.3) is 0 Å². The Balaban J connectivity index is 1.43. The van der Waals surface area contributed by atoms with Crippen molar-refractivity contribution >= 4 is 38.9 Å². The summed E-state index contributed by atoms with van der Waals surface area (Å²) in [4.78, 5) is 16.5. The Morgan fingerprint density at radius 1 is 0.973 bits per heavy atom. The number of benzene rings is 2. The van der Waals surface area contributed by atoms with Gasteiger partial charge in [-0.05, 0) is 53.6 Å². The first kappa shape index (κ1) is 26.0. The van der Waals surface area contributed by atoms with Gasteiger partial charge in [0.1, 0.15) is 5.75 Å². The molecule has 0 unspecified atom stereocenters. The van der Waals surface area contributed by atoms with Gasteiger partial charge in [0.25, 0.3) is 10.0 Å². The fourth-order valence-corrected chi connectivity index (χ4v) is 4.80. The van der Waals surface area contributed by atoms with Crippen LogP contribution >= 0.6 is 11.6 Å². The number of aromatic nitrogens is 3. The lowest BCUT2D eigenvalue weighted by Gasteiger charge is -2.13. The summed E-state index contributed by atoms with van der Waals surface area (Å²) in [5, 5.41) is 7.46. The van der Waals surface area contributed by atoms with Gasteiger partial charge >= 0.3 is 0 Å². The summed E-state index contributed by atoms with van der Waals surface area (Å²) >= 11 is 5.87. The molecule has 0 saturated heterocycles. The predicted octanol–water partition coefficient (Wildman–Crippen LogP) is 3.98. The van der Waals surface area contributed by atoms with E-state index in [4.69, 9.17) is 21.1 Å². The van der Waals surface area contributed by atoms with Crippen LogP contribution in [0.15, 0.2) is 78.1 Å². The molecule has 37 heavy (non-hydrogen) atoms. The van der Waals surface area contributed by atoms with E-state index in [2.05, 4.69) is 20.1 Å². The Hall–Kier alpha value is -4.09. The number of halogens is 1. The summed E-state index contributed by atoms with van der Waals surface area (Å²) in [7, 11) is -1.15. The van der Waals surface area contributed by atoms with Gasteiger partial charge in [0.05, 0.1) is 45.3 Å². The number of sulfonamides is 1. The number of nitrogens with one attached hydrogen (secondary N) is 2. The highest BCUT2D eigenvalue weighted by atomic mass is 35.5. The van der Waals surface area contributed by atoms with Crippen LogP contribution in [0.5, 0.6) is 11.6 Å². The molecule has 192 valence electrons. The van der Waals surface area contributed by atoms with Crippen molar-refractivity contribution in [2.45, 2.75) is 17.9 Å². The highest BCUT2D eigenvalue weighted by Gasteiger charge is 2.22. The second-order valence-corrected chi connectivity index (χ2v) is 10.1. The number of carbonyl (C=O) groups is 1. The summed E-state index contributed by atoms with van der Waals surface area (Å²) in [6, 6.07) is 15.1. The van der Waals surface area contributed by atoms with E-state index in [-0.39, 0.29) is 28.8 Å². The molecule has 2 heterocycles. The molecule has 4 rings (SSSR count). The molecule has 2 N–H and O–H groups in total. The third kappa shape index (κ3) is 6.78. The number of hydrogen-bond acceptors (Lipinski definition) is 7. The van der Waals surface area contributed by atoms with E-state index < -0.39 is 10.0 Å². The van der Waals surface area contributed by atoms with E-state index >= 15 is 0 Å². The van der Waals surface area contributed by atoms with Crippen LogP contribution in [0.3, 0.4) is 0 Å². The minimum Gasteiger partial charge on any atom is -0.497 e. The molecule has 0 bridgehead atoms. The van der Waals surface area contributed by atoms with Crippen molar-refractivity contribution in [3.05, 3.63) is 89.3 Å². The minimum atomic E-state index is -4.07. The van der Waals surface area contributed by atoms with E-state index in [9.17, 15) is 13.2 Å². The molecular weight excluding hydrogens is 518 g/mol. The lowest BCUT2D eigenvalue weighted by atomic mass is 10.2. The lowest BCUT2D eigenvalue weighted by molar-refractivity contribution is -0.115. The maximum Gasteiger partial charge on any atom is 0.267 e. The molecule has 2 aromatic heterocycles. The van der Waals surface area contributed by atoms with Gasteiger partial charge in [-0.3, -0.25) is 14.2 Å². The minimum absolute atomic E-state index is 0.0414. The fourth-order valence-electron chi connectivity index (χ4n) is 3.47. The Morgan fingerprint density at radius 2 is 1.70 bits per heavy atom. The Bertz CT molecular complexity index is 1490. The normalized spacial score (nSPS) is 11.1. The molecule has 0 radical (unpaired) electrons. The van der Waals surface area contributed by atoms with Crippen LogP contribution in [0, 0.1) is 0 Å². The largest absolute Gasteiger partial charge is 0.497 e. The van der Waals surface area contributed by atoms with Gasteiger partial charge in [-0.15, -0.1) is 0 Å². The number of methoxy groups -OCH3 is 2. The zero-order valence-corrected chi connectivity index (χ0v) is 21.6. The Kier molecular flexibility index (Phi) is 7.95. The number of anilines is 2. The second-order valence-electron chi connectivity index (χ2n) is 7.96. The van der Waals surface area contributed by atoms with Crippen LogP contribution in [0.2, 0.25) is 5.02 Å². The molecule has 12 heteroatoms. The van der Waals surface area contributed by atoms with Crippen molar-refractivity contribution in [3.63, 3.8) is 0 Å². The van der Waals surface area contributed by atoms with E-state index in [0.717, 1.165) is 11.3 Å². The molecule has 0 aliphatic rings. The van der Waals surface area contributed by atoms with E-state index in [1.807, 2.05) is 24.3 Å². The van der Waals surface area contributed by atoms with Gasteiger partial charge in [0.2, 0.25) is 11.8 Å². The highest BCUT2D eigenvalue weighted by molar-refractivity contribution is 7.92. The smallest absolute Gasteiger partial charge is 0.267 e. The standard InChI is InChI=1S/C25H24ClN5O5S/c1-35-22-9-3-17(4-10-22)15-31-16-18(13-28-31)11-24(32)29-21-12-23(25(36-2)27-14-21)37(33,34)30-20-7-5-19(26)6-8-20/h3-10,12-14,16,30H,11,15H2,1-2H3,(H,29,32). The molecule has 2 aromatic carbocycles. The van der Waals surface area contributed by atoms with Crippen LogP contribution in [0.1, 0.15) is 11.1 Å². The maximum atomic E-state index is 13.0. The van der Waals surface area contributed by atoms with Crippen molar-refractivity contribution in [3.8, 4) is 11.6 Å². The zero-order chi connectivity index (χ0) is 26.4. The van der Waals surface area contributed by atoms with Gasteiger partial charge < -0.3 is 14.8 Å². The van der Waals surface area contributed by atoms with Gasteiger partial charge in [-0.25, -0.2) is 13.4 Å². The summed E-state index contributed by atoms with van der Waals surface area (Å²) in [5.41, 5.74) is 2.25. The summed E-state index contributed by atoms with van der Waals surface area (Å²) < 4.78 is 40.4. The topological polar surface area (TPSA) is 124 Å². The monoisotopic (exact) mass is 541 g/mol. The molecule has 0 spiro atoms. The van der Waals surface area contributed by atoms with Gasteiger partial charge in [0, 0.05) is 16.9 Å². The van der Waals surface area contributed by atoms with Crippen molar-refractivity contribution in [2.24, 2.45) is 0 Å². The second kappa shape index (κ2) is 11.3. The van der Waals surface area contributed by atoms with Crippen LogP contribution < -0.4 is 19.5 Å². The number of carbonyl (C=O) groups excluding carboxylic acids is 1. The van der Waals surface area contributed by atoms with Crippen molar-refractivity contribution < 1.29 is 22.7 Å². The van der Waals surface area contributed by atoms with E-state index in [1.54, 1.807) is 36.3 Å². The first-order valence-electron chi connectivity index (χ1n) is 11.0. The summed E-state index contributed by atoms with van der Waals surface area (Å²) in [6.07, 6.45) is 4.76. The van der Waals surface area contributed by atoms with Gasteiger partial charge in [-0.2, -0.15) is 5.10 Å². The van der Waals surface area contributed by atoms with Crippen molar-refractivity contribution in [1.82, 2.24) is 14.8 Å². The van der Waals surface area contributed by atoms with E-state index in [1.165, 1.54) is 31.5 Å². The maximum absolute atomic E-state index is 13.0. The molecular formula is C25H24ClN5O5S. The summed E-state index contributed by atoms with van der Waals surface area (Å²) in [6.45, 7) is 0.538. The summed E-state index contributed by atoms with van der Waals surface area (Å²) in [5.74, 6) is 0.301. The lowest BCUT2D eigenvalue weighted by Crippen LogP contribution is -2.17. The van der Waals surface area contributed by atoms with Gasteiger partial charge in [0.15, 0.2) is 4.90 Å². The van der Waals surface area contributed by atoms with Crippen molar-refractivity contribution in [1.29, 1.82) is 0 Å². The average molecular weight is 542 g/mol. The number of rotatable bonds is 10. The number of hydrogen-bond donors (Lipinski definition) is 2. The van der Waals surface area contributed by atoms with Crippen LogP contribution in [-0.4, -0.2) is 43.3 Å². The Morgan fingerprint density at radius 3 is 2.38 bits per heavy atom. The molecule has 1 amide bonds. The van der Waals surface area contributed by atoms with Crippen LogP contribution in [0.4, 0.5) is 11.4 Å². The molecule has 0 aliphatic heterocycles. The molecule has 0 aliphatic carbocycles.